The average molecular weight is 377 g/mol. The van der Waals surface area contributed by atoms with Gasteiger partial charge in [0.25, 0.3) is 0 Å². The number of halogens is 1. The highest BCUT2D eigenvalue weighted by atomic mass is 32.1. The molecular formula is C19H25FN4OS. The van der Waals surface area contributed by atoms with Gasteiger partial charge in [-0.3, -0.25) is 4.79 Å². The number of nitrogens with zero attached hydrogens (tertiary/aromatic N) is 4. The van der Waals surface area contributed by atoms with Crippen molar-refractivity contribution in [3.8, 4) is 0 Å². The molecule has 1 aromatic heterocycles. The number of rotatable bonds is 3. The molecule has 1 fully saturated rings. The maximum Gasteiger partial charge on any atom is 0.228 e. The molecule has 0 aliphatic carbocycles. The topological polar surface area (TPSA) is 49.3 Å². The number of aromatic nitrogens is 2. The van der Waals surface area contributed by atoms with Gasteiger partial charge in [0.05, 0.1) is 0 Å². The van der Waals surface area contributed by atoms with E-state index >= 15 is 0 Å². The van der Waals surface area contributed by atoms with Crippen LogP contribution >= 0.6 is 11.5 Å². The molecule has 0 bridgehead atoms. The van der Waals surface area contributed by atoms with Crippen LogP contribution in [-0.4, -0.2) is 46.3 Å². The monoisotopic (exact) mass is 376 g/mol. The smallest absolute Gasteiger partial charge is 0.228 e. The lowest BCUT2D eigenvalue weighted by atomic mass is 9.94. The van der Waals surface area contributed by atoms with Crippen molar-refractivity contribution in [2.24, 2.45) is 5.41 Å². The zero-order valence-electron chi connectivity index (χ0n) is 15.5. The maximum atomic E-state index is 13.0. The number of carbonyl (C=O) groups is 1. The van der Waals surface area contributed by atoms with E-state index < -0.39 is 0 Å². The fourth-order valence-corrected chi connectivity index (χ4v) is 3.75. The Morgan fingerprint density at radius 1 is 1.15 bits per heavy atom. The van der Waals surface area contributed by atoms with E-state index in [1.54, 1.807) is 12.1 Å². The molecule has 1 saturated heterocycles. The van der Waals surface area contributed by atoms with Gasteiger partial charge in [-0.05, 0) is 24.1 Å². The van der Waals surface area contributed by atoms with Crippen LogP contribution in [0.2, 0.25) is 0 Å². The second-order valence-corrected chi connectivity index (χ2v) is 8.41. The van der Waals surface area contributed by atoms with Crippen LogP contribution < -0.4 is 4.90 Å². The molecule has 1 amide bonds. The largest absolute Gasteiger partial charge is 0.345 e. The third kappa shape index (κ3) is 4.58. The first-order valence-corrected chi connectivity index (χ1v) is 9.71. The molecule has 0 radical (unpaired) electrons. The summed E-state index contributed by atoms with van der Waals surface area (Å²) in [5, 5.41) is 0.896. The van der Waals surface area contributed by atoms with Crippen molar-refractivity contribution in [1.29, 1.82) is 0 Å². The molecule has 1 aliphatic heterocycles. The summed E-state index contributed by atoms with van der Waals surface area (Å²) in [7, 11) is 0. The summed E-state index contributed by atoms with van der Waals surface area (Å²) in [6.45, 7) is 9.03. The molecule has 2 aromatic rings. The van der Waals surface area contributed by atoms with Crippen molar-refractivity contribution in [2.45, 2.75) is 33.6 Å². The molecule has 7 heteroatoms. The lowest BCUT2D eigenvalue weighted by Gasteiger charge is -2.28. The molecule has 3 rings (SSSR count). The second-order valence-electron chi connectivity index (χ2n) is 7.68. The van der Waals surface area contributed by atoms with Gasteiger partial charge in [-0.15, -0.1) is 0 Å². The van der Waals surface area contributed by atoms with Crippen LogP contribution in [-0.2, 0) is 11.2 Å². The van der Waals surface area contributed by atoms with Crippen LogP contribution in [0.3, 0.4) is 0 Å². The van der Waals surface area contributed by atoms with Crippen molar-refractivity contribution in [3.63, 3.8) is 0 Å². The third-order valence-corrected chi connectivity index (χ3v) is 5.24. The van der Waals surface area contributed by atoms with E-state index in [4.69, 9.17) is 0 Å². The first-order valence-electron chi connectivity index (χ1n) is 8.94. The average Bonchev–Trinajstić information content (AvgIpc) is 2.91. The van der Waals surface area contributed by atoms with Gasteiger partial charge in [-0.25, -0.2) is 9.37 Å². The fraction of sp³-hybridized carbons (Fsp3) is 0.526. The fourth-order valence-electron chi connectivity index (χ4n) is 3.02. The Balaban J connectivity index is 1.62. The number of hydrogen-bond donors (Lipinski definition) is 0. The van der Waals surface area contributed by atoms with Crippen LogP contribution in [0.5, 0.6) is 0 Å². The molecule has 0 saturated carbocycles. The Labute approximate surface area is 158 Å². The minimum absolute atomic E-state index is 0.202. The SMILES string of the molecule is CC(C)(C)C(=O)N1CCCN(c2nc(Cc3ccc(F)cc3)ns2)CC1. The summed E-state index contributed by atoms with van der Waals surface area (Å²) >= 11 is 1.39. The number of benzene rings is 1. The summed E-state index contributed by atoms with van der Waals surface area (Å²) in [5.41, 5.74) is 0.647. The Hall–Kier alpha value is -2.02. The van der Waals surface area contributed by atoms with E-state index in [9.17, 15) is 9.18 Å². The van der Waals surface area contributed by atoms with Gasteiger partial charge < -0.3 is 9.80 Å². The standard InChI is InChI=1S/C19H25FN4OS/c1-19(2,3)17(25)23-9-4-10-24(12-11-23)18-21-16(22-26-18)13-14-5-7-15(20)8-6-14/h5-8H,4,9-13H2,1-3H3. The number of hydrogen-bond acceptors (Lipinski definition) is 5. The van der Waals surface area contributed by atoms with Gasteiger partial charge in [0.15, 0.2) is 0 Å². The number of anilines is 1. The van der Waals surface area contributed by atoms with E-state index in [2.05, 4.69) is 14.3 Å². The normalized spacial score (nSPS) is 15.8. The Bertz CT molecular complexity index is 754. The molecule has 1 aromatic carbocycles. The minimum Gasteiger partial charge on any atom is -0.345 e. The van der Waals surface area contributed by atoms with Crippen molar-refractivity contribution in [2.75, 3.05) is 31.1 Å². The van der Waals surface area contributed by atoms with Crippen molar-refractivity contribution in [1.82, 2.24) is 14.3 Å². The van der Waals surface area contributed by atoms with Gasteiger partial charge in [0, 0.05) is 49.5 Å². The minimum atomic E-state index is -0.347. The first kappa shape index (κ1) is 18.8. The highest BCUT2D eigenvalue weighted by molar-refractivity contribution is 7.09. The van der Waals surface area contributed by atoms with E-state index in [-0.39, 0.29) is 17.1 Å². The molecule has 140 valence electrons. The Morgan fingerprint density at radius 2 is 1.88 bits per heavy atom. The summed E-state index contributed by atoms with van der Waals surface area (Å²) in [4.78, 5) is 21.3. The van der Waals surface area contributed by atoms with Crippen LogP contribution in [0.4, 0.5) is 9.52 Å². The highest BCUT2D eigenvalue weighted by Gasteiger charge is 2.29. The number of amides is 1. The molecule has 1 aliphatic rings. The first-order chi connectivity index (χ1) is 12.3. The zero-order valence-corrected chi connectivity index (χ0v) is 16.4. The van der Waals surface area contributed by atoms with Crippen LogP contribution in [0.25, 0.3) is 0 Å². The highest BCUT2D eigenvalue weighted by Crippen LogP contribution is 2.23. The van der Waals surface area contributed by atoms with Crippen molar-refractivity contribution < 1.29 is 9.18 Å². The summed E-state index contributed by atoms with van der Waals surface area (Å²) in [5.74, 6) is 0.719. The molecule has 0 unspecified atom stereocenters. The molecule has 0 spiro atoms. The summed E-state index contributed by atoms with van der Waals surface area (Å²) in [6, 6.07) is 6.44. The molecule has 0 N–H and O–H groups in total. The van der Waals surface area contributed by atoms with Gasteiger partial charge in [0.2, 0.25) is 11.0 Å². The molecule has 26 heavy (non-hydrogen) atoms. The number of carbonyl (C=O) groups excluding carboxylic acids is 1. The van der Waals surface area contributed by atoms with Gasteiger partial charge >= 0.3 is 0 Å². The van der Waals surface area contributed by atoms with E-state index in [0.717, 1.165) is 42.6 Å². The van der Waals surface area contributed by atoms with E-state index in [0.29, 0.717) is 13.0 Å². The zero-order chi connectivity index (χ0) is 18.7. The van der Waals surface area contributed by atoms with E-state index in [1.807, 2.05) is 25.7 Å². The summed E-state index contributed by atoms with van der Waals surface area (Å²) in [6.07, 6.45) is 1.52. The van der Waals surface area contributed by atoms with Crippen LogP contribution in [0.15, 0.2) is 24.3 Å². The molecule has 0 atom stereocenters. The molecule has 5 nitrogen and oxygen atoms in total. The van der Waals surface area contributed by atoms with Crippen molar-refractivity contribution in [3.05, 3.63) is 41.5 Å². The van der Waals surface area contributed by atoms with Crippen LogP contribution in [0, 0.1) is 11.2 Å². The van der Waals surface area contributed by atoms with Gasteiger partial charge in [0.1, 0.15) is 11.6 Å². The van der Waals surface area contributed by atoms with Crippen LogP contribution in [0.1, 0.15) is 38.6 Å². The van der Waals surface area contributed by atoms with E-state index in [1.165, 1.54) is 23.7 Å². The maximum absolute atomic E-state index is 13.0. The van der Waals surface area contributed by atoms with Gasteiger partial charge in [-0.2, -0.15) is 4.37 Å². The second kappa shape index (κ2) is 7.70. The quantitative estimate of drug-likeness (QED) is 0.824. The predicted octanol–water partition coefficient (Wildman–Crippen LogP) is 3.35. The lowest BCUT2D eigenvalue weighted by Crippen LogP contribution is -2.41. The lowest BCUT2D eigenvalue weighted by molar-refractivity contribution is -0.139. The van der Waals surface area contributed by atoms with Crippen molar-refractivity contribution >= 4 is 22.6 Å². The third-order valence-electron chi connectivity index (χ3n) is 4.43. The predicted molar refractivity (Wildman–Crippen MR) is 102 cm³/mol. The summed E-state index contributed by atoms with van der Waals surface area (Å²) < 4.78 is 17.5. The Kier molecular flexibility index (Phi) is 5.55. The Morgan fingerprint density at radius 3 is 2.58 bits per heavy atom. The molecule has 2 heterocycles. The van der Waals surface area contributed by atoms with Gasteiger partial charge in [-0.1, -0.05) is 32.9 Å². The molecular weight excluding hydrogens is 351 g/mol.